The molecule has 1 N–H and O–H groups in total. The Morgan fingerprint density at radius 2 is 1.75 bits per heavy atom. The number of benzene rings is 2. The van der Waals surface area contributed by atoms with Crippen LogP contribution >= 0.6 is 0 Å². The molecule has 8 nitrogen and oxygen atoms in total. The molecule has 0 spiro atoms. The van der Waals surface area contributed by atoms with Crippen molar-refractivity contribution < 1.29 is 17.9 Å². The van der Waals surface area contributed by atoms with E-state index in [1.54, 1.807) is 50.4 Å². The molecule has 1 aliphatic heterocycles. The second-order valence-corrected chi connectivity index (χ2v) is 9.96. The maximum absolute atomic E-state index is 13.0. The molecule has 2 aromatic carbocycles. The van der Waals surface area contributed by atoms with Crippen molar-refractivity contribution in [2.45, 2.75) is 36.8 Å². The van der Waals surface area contributed by atoms with E-state index in [0.717, 1.165) is 25.9 Å². The molecule has 1 saturated heterocycles. The predicted molar refractivity (Wildman–Crippen MR) is 122 cm³/mol. The summed E-state index contributed by atoms with van der Waals surface area (Å²) in [5.74, 6) is 0.110. The van der Waals surface area contributed by atoms with Gasteiger partial charge in [0.25, 0.3) is 5.91 Å². The molecule has 3 rings (SSSR count). The van der Waals surface area contributed by atoms with Crippen molar-refractivity contribution in [1.29, 1.82) is 5.26 Å². The fraction of sp³-hybridized carbons (Fsp3) is 0.391. The molecule has 0 unspecified atom stereocenters. The fourth-order valence-corrected chi connectivity index (χ4v) is 4.96. The smallest absolute Gasteiger partial charge is 0.265 e. The molecule has 9 heteroatoms. The van der Waals surface area contributed by atoms with Gasteiger partial charge < -0.3 is 15.0 Å². The molecule has 0 bridgehead atoms. The molecular formula is C23H28N4O4S. The molecule has 1 amide bonds. The van der Waals surface area contributed by atoms with Crippen LogP contribution in [0.15, 0.2) is 53.4 Å². The molecular weight excluding hydrogens is 428 g/mol. The second kappa shape index (κ2) is 10.1. The van der Waals surface area contributed by atoms with Crippen LogP contribution < -0.4 is 10.1 Å². The number of likely N-dealkylation sites (tertiary alicyclic amines) is 1. The van der Waals surface area contributed by atoms with Crippen LogP contribution in [0, 0.1) is 11.3 Å². The number of piperidine rings is 1. The lowest BCUT2D eigenvalue weighted by molar-refractivity contribution is -0.122. The summed E-state index contributed by atoms with van der Waals surface area (Å²) in [4.78, 5) is 14.8. The van der Waals surface area contributed by atoms with Crippen molar-refractivity contribution in [3.05, 3.63) is 54.1 Å². The maximum Gasteiger partial charge on any atom is 0.265 e. The van der Waals surface area contributed by atoms with Gasteiger partial charge in [0.2, 0.25) is 10.0 Å². The molecule has 0 radical (unpaired) electrons. The zero-order valence-electron chi connectivity index (χ0n) is 18.5. The van der Waals surface area contributed by atoms with Crippen molar-refractivity contribution in [1.82, 2.24) is 9.21 Å². The van der Waals surface area contributed by atoms with Crippen LogP contribution in [0.25, 0.3) is 0 Å². The van der Waals surface area contributed by atoms with Crippen LogP contribution in [-0.2, 0) is 14.8 Å². The third-order valence-corrected chi connectivity index (χ3v) is 7.59. The van der Waals surface area contributed by atoms with Gasteiger partial charge in [0.15, 0.2) is 6.10 Å². The summed E-state index contributed by atoms with van der Waals surface area (Å²) in [5.41, 5.74) is 0.983. The number of carbonyl (C=O) groups is 1. The van der Waals surface area contributed by atoms with E-state index in [2.05, 4.69) is 10.2 Å². The third kappa shape index (κ3) is 5.65. The number of anilines is 1. The SMILES string of the molecule is C[C@@H](Oc1ccc(C#N)cc1)C(=O)Nc1ccc(S(=O)(=O)N(C)C2CCN(C)CC2)cc1. The van der Waals surface area contributed by atoms with Gasteiger partial charge in [-0.15, -0.1) is 0 Å². The van der Waals surface area contributed by atoms with Crippen LogP contribution in [0.3, 0.4) is 0 Å². The Morgan fingerprint density at radius 1 is 1.16 bits per heavy atom. The minimum absolute atomic E-state index is 0.0178. The minimum atomic E-state index is -3.61. The highest BCUT2D eigenvalue weighted by Gasteiger charge is 2.30. The monoisotopic (exact) mass is 456 g/mol. The van der Waals surface area contributed by atoms with Crippen molar-refractivity contribution in [2.75, 3.05) is 32.5 Å². The van der Waals surface area contributed by atoms with Crippen LogP contribution in [0.4, 0.5) is 5.69 Å². The first-order valence-corrected chi connectivity index (χ1v) is 11.9. The van der Waals surface area contributed by atoms with Gasteiger partial charge in [0.1, 0.15) is 5.75 Å². The quantitative estimate of drug-likeness (QED) is 0.687. The Labute approximate surface area is 189 Å². The highest BCUT2D eigenvalue weighted by Crippen LogP contribution is 2.23. The number of sulfonamides is 1. The van der Waals surface area contributed by atoms with Gasteiger partial charge in [-0.1, -0.05) is 0 Å². The predicted octanol–water partition coefficient (Wildman–Crippen LogP) is 2.68. The number of ether oxygens (including phenoxy) is 1. The largest absolute Gasteiger partial charge is 0.481 e. The van der Waals surface area contributed by atoms with E-state index in [1.807, 2.05) is 13.1 Å². The van der Waals surface area contributed by atoms with E-state index < -0.39 is 16.1 Å². The van der Waals surface area contributed by atoms with E-state index in [1.165, 1.54) is 16.4 Å². The second-order valence-electron chi connectivity index (χ2n) is 7.97. The topological polar surface area (TPSA) is 103 Å². The Hall–Kier alpha value is -2.93. The van der Waals surface area contributed by atoms with Gasteiger partial charge in [-0.25, -0.2) is 8.42 Å². The van der Waals surface area contributed by atoms with E-state index in [0.29, 0.717) is 17.0 Å². The summed E-state index contributed by atoms with van der Waals surface area (Å²) in [6.45, 7) is 3.36. The van der Waals surface area contributed by atoms with Gasteiger partial charge in [0.05, 0.1) is 16.5 Å². The van der Waals surface area contributed by atoms with Crippen LogP contribution in [-0.4, -0.2) is 62.9 Å². The van der Waals surface area contributed by atoms with Gasteiger partial charge >= 0.3 is 0 Å². The Balaban J connectivity index is 1.60. The summed E-state index contributed by atoms with van der Waals surface area (Å²) < 4.78 is 33.0. The van der Waals surface area contributed by atoms with Crippen LogP contribution in [0.1, 0.15) is 25.3 Å². The van der Waals surface area contributed by atoms with Crippen LogP contribution in [0.2, 0.25) is 0 Å². The van der Waals surface area contributed by atoms with Crippen molar-refractivity contribution in [2.24, 2.45) is 0 Å². The number of carbonyl (C=O) groups excluding carboxylic acids is 1. The lowest BCUT2D eigenvalue weighted by Gasteiger charge is -2.34. The van der Waals surface area contributed by atoms with Gasteiger partial charge in [-0.05, 0) is 88.4 Å². The average molecular weight is 457 g/mol. The van der Waals surface area contributed by atoms with E-state index in [4.69, 9.17) is 10.00 Å². The Morgan fingerprint density at radius 3 is 2.31 bits per heavy atom. The summed E-state index contributed by atoms with van der Waals surface area (Å²) in [6.07, 6.45) is 0.830. The van der Waals surface area contributed by atoms with Crippen molar-refractivity contribution in [3.63, 3.8) is 0 Å². The summed E-state index contributed by atoms with van der Waals surface area (Å²) in [6, 6.07) is 14.6. The zero-order chi connectivity index (χ0) is 23.3. The molecule has 32 heavy (non-hydrogen) atoms. The van der Waals surface area contributed by atoms with Gasteiger partial charge in [-0.2, -0.15) is 9.57 Å². The first-order chi connectivity index (χ1) is 15.2. The molecule has 170 valence electrons. The molecule has 1 fully saturated rings. The highest BCUT2D eigenvalue weighted by atomic mass is 32.2. The normalized spacial score (nSPS) is 16.3. The highest BCUT2D eigenvalue weighted by molar-refractivity contribution is 7.89. The first-order valence-electron chi connectivity index (χ1n) is 10.4. The molecule has 2 aromatic rings. The van der Waals surface area contributed by atoms with E-state index in [-0.39, 0.29) is 16.8 Å². The first kappa shape index (κ1) is 23.7. The third-order valence-electron chi connectivity index (χ3n) is 5.67. The van der Waals surface area contributed by atoms with Crippen molar-refractivity contribution in [3.8, 4) is 11.8 Å². The number of nitriles is 1. The lowest BCUT2D eigenvalue weighted by Crippen LogP contribution is -2.44. The minimum Gasteiger partial charge on any atom is -0.481 e. The van der Waals surface area contributed by atoms with Crippen LogP contribution in [0.5, 0.6) is 5.75 Å². The van der Waals surface area contributed by atoms with Crippen molar-refractivity contribution >= 4 is 21.6 Å². The van der Waals surface area contributed by atoms with Gasteiger partial charge in [0, 0.05) is 18.8 Å². The zero-order valence-corrected chi connectivity index (χ0v) is 19.3. The number of nitrogens with zero attached hydrogens (tertiary/aromatic N) is 3. The Bertz CT molecular complexity index is 1070. The number of rotatable bonds is 7. The Kier molecular flexibility index (Phi) is 7.51. The molecule has 0 aromatic heterocycles. The number of nitrogens with one attached hydrogen (secondary N) is 1. The molecule has 0 saturated carbocycles. The van der Waals surface area contributed by atoms with E-state index in [9.17, 15) is 13.2 Å². The summed E-state index contributed by atoms with van der Waals surface area (Å²) >= 11 is 0. The molecule has 1 heterocycles. The van der Waals surface area contributed by atoms with Gasteiger partial charge in [-0.3, -0.25) is 4.79 Å². The number of hydrogen-bond acceptors (Lipinski definition) is 6. The average Bonchev–Trinajstić information content (AvgIpc) is 2.80. The maximum atomic E-state index is 13.0. The molecule has 0 aliphatic carbocycles. The standard InChI is InChI=1S/C23H28N4O4S/c1-17(31-21-8-4-18(16-24)5-9-21)23(28)25-19-6-10-22(11-7-19)32(29,30)27(3)20-12-14-26(2)15-13-20/h4-11,17,20H,12-15H2,1-3H3,(H,25,28)/t17-/m1/s1. The summed E-state index contributed by atoms with van der Waals surface area (Å²) in [7, 11) is 0.0543. The number of hydrogen-bond donors (Lipinski definition) is 1. The fourth-order valence-electron chi connectivity index (χ4n) is 3.54. The number of amides is 1. The molecule has 1 aliphatic rings. The lowest BCUT2D eigenvalue weighted by atomic mass is 10.1. The molecule has 1 atom stereocenters. The van der Waals surface area contributed by atoms with E-state index >= 15 is 0 Å². The summed E-state index contributed by atoms with van der Waals surface area (Å²) in [5, 5.41) is 11.6.